The van der Waals surface area contributed by atoms with Crippen LogP contribution in [-0.4, -0.2) is 40.4 Å². The van der Waals surface area contributed by atoms with Crippen molar-refractivity contribution >= 4 is 17.0 Å². The van der Waals surface area contributed by atoms with Gasteiger partial charge in [0.2, 0.25) is 6.10 Å². The predicted molar refractivity (Wildman–Crippen MR) is 94.7 cm³/mol. The van der Waals surface area contributed by atoms with Gasteiger partial charge in [0.15, 0.2) is 0 Å². The zero-order valence-electron chi connectivity index (χ0n) is 15.0. The van der Waals surface area contributed by atoms with Crippen molar-refractivity contribution in [2.45, 2.75) is 19.2 Å². The van der Waals surface area contributed by atoms with Gasteiger partial charge in [0.05, 0.1) is 23.2 Å². The highest BCUT2D eigenvalue weighted by Gasteiger charge is 2.31. The average molecular weight is 394 g/mol. The summed E-state index contributed by atoms with van der Waals surface area (Å²) in [5.74, 6) is -0.303. The number of hydrogen-bond acceptors (Lipinski definition) is 4. The quantitative estimate of drug-likeness (QED) is 0.688. The van der Waals surface area contributed by atoms with Crippen LogP contribution in [0.3, 0.4) is 0 Å². The van der Waals surface area contributed by atoms with Gasteiger partial charge in [0.25, 0.3) is 0 Å². The molecule has 0 aliphatic heterocycles. The van der Waals surface area contributed by atoms with E-state index in [9.17, 15) is 18.0 Å². The highest BCUT2D eigenvalue weighted by molar-refractivity contribution is 5.79. The number of fused-ring (bicyclic) bond motifs is 1. The molecule has 3 rings (SSSR count). The maximum Gasteiger partial charge on any atom is 0.416 e. The molecule has 0 amide bonds. The Bertz CT molecular complexity index is 997. The lowest BCUT2D eigenvalue weighted by atomic mass is 10.2. The summed E-state index contributed by atoms with van der Waals surface area (Å²) in [5, 5.41) is 9.11. The Kier molecular flexibility index (Phi) is 5.28. The molecule has 1 N–H and O–H groups in total. The Morgan fingerprint density at radius 2 is 1.89 bits per heavy atom. The first-order chi connectivity index (χ1) is 13.2. The molecule has 0 saturated heterocycles. The first-order valence-corrected chi connectivity index (χ1v) is 8.26. The lowest BCUT2D eigenvalue weighted by molar-refractivity contribution is -0.147. The Morgan fingerprint density at radius 3 is 2.46 bits per heavy atom. The van der Waals surface area contributed by atoms with E-state index >= 15 is 0 Å². The molecule has 3 aromatic rings. The number of aryl methyl sites for hydroxylation is 1. The molecule has 1 unspecified atom stereocenters. The zero-order valence-corrected chi connectivity index (χ0v) is 15.0. The van der Waals surface area contributed by atoms with Crippen LogP contribution in [0.1, 0.15) is 11.4 Å². The molecule has 1 heterocycles. The third-order valence-corrected chi connectivity index (χ3v) is 4.12. The molecule has 28 heavy (non-hydrogen) atoms. The number of nitrogens with zero attached hydrogens (tertiary/aromatic N) is 2. The van der Waals surface area contributed by atoms with Crippen LogP contribution in [0.25, 0.3) is 16.7 Å². The van der Waals surface area contributed by atoms with Crippen molar-refractivity contribution in [3.8, 4) is 11.4 Å². The normalized spacial score (nSPS) is 12.9. The number of aliphatic carboxylic acids is 1. The molecule has 0 saturated carbocycles. The van der Waals surface area contributed by atoms with Gasteiger partial charge in [-0.15, -0.1) is 0 Å². The number of rotatable bonds is 6. The van der Waals surface area contributed by atoms with E-state index in [1.54, 1.807) is 35.8 Å². The summed E-state index contributed by atoms with van der Waals surface area (Å²) in [6.07, 6.45) is -5.58. The van der Waals surface area contributed by atoms with E-state index in [0.29, 0.717) is 22.8 Å². The van der Waals surface area contributed by atoms with Crippen molar-refractivity contribution in [1.82, 2.24) is 9.55 Å². The molecule has 0 radical (unpaired) electrons. The van der Waals surface area contributed by atoms with Crippen LogP contribution in [0.5, 0.6) is 5.75 Å². The molecule has 0 fully saturated rings. The Morgan fingerprint density at radius 1 is 1.21 bits per heavy atom. The second kappa shape index (κ2) is 7.51. The topological polar surface area (TPSA) is 73.6 Å². The number of alkyl halides is 3. The maximum atomic E-state index is 12.9. The standard InChI is InChI=1S/C19H17F3N2O4/c1-11-23-15-9-12(19(20,21)22)3-8-16(15)24(11)13-4-6-14(7-5-13)28-17(10-27-2)18(25)26/h3-9,17H,10H2,1-2H3,(H,25,26). The van der Waals surface area contributed by atoms with Crippen molar-refractivity contribution in [2.75, 3.05) is 13.7 Å². The van der Waals surface area contributed by atoms with Crippen LogP contribution in [0, 0.1) is 6.92 Å². The Labute approximate surface area is 158 Å². The molecule has 1 aromatic heterocycles. The monoisotopic (exact) mass is 394 g/mol. The summed E-state index contributed by atoms with van der Waals surface area (Å²) in [7, 11) is 1.37. The molecule has 6 nitrogen and oxygen atoms in total. The molecule has 0 aliphatic carbocycles. The van der Waals surface area contributed by atoms with Crippen LogP contribution in [0.15, 0.2) is 42.5 Å². The van der Waals surface area contributed by atoms with E-state index in [0.717, 1.165) is 12.1 Å². The van der Waals surface area contributed by atoms with Crippen LogP contribution in [0.4, 0.5) is 13.2 Å². The second-order valence-corrected chi connectivity index (χ2v) is 6.09. The van der Waals surface area contributed by atoms with Gasteiger partial charge in [0, 0.05) is 12.8 Å². The summed E-state index contributed by atoms with van der Waals surface area (Å²) >= 11 is 0. The molecule has 1 atom stereocenters. The number of hydrogen-bond donors (Lipinski definition) is 1. The van der Waals surface area contributed by atoms with Gasteiger partial charge in [-0.1, -0.05) is 0 Å². The van der Waals surface area contributed by atoms with E-state index in [2.05, 4.69) is 4.98 Å². The fourth-order valence-electron chi connectivity index (χ4n) is 2.85. The number of ether oxygens (including phenoxy) is 2. The summed E-state index contributed by atoms with van der Waals surface area (Å²) in [5.41, 5.74) is 0.664. The second-order valence-electron chi connectivity index (χ2n) is 6.09. The summed E-state index contributed by atoms with van der Waals surface area (Å²) < 4.78 is 50.6. The minimum atomic E-state index is -4.44. The largest absolute Gasteiger partial charge is 0.478 e. The third kappa shape index (κ3) is 3.94. The average Bonchev–Trinajstić information content (AvgIpc) is 2.96. The van der Waals surface area contributed by atoms with Crippen molar-refractivity contribution in [3.05, 3.63) is 53.9 Å². The number of imidazole rings is 1. The van der Waals surface area contributed by atoms with Crippen LogP contribution >= 0.6 is 0 Å². The van der Waals surface area contributed by atoms with Gasteiger partial charge < -0.3 is 14.6 Å². The van der Waals surface area contributed by atoms with Crippen molar-refractivity contribution < 1.29 is 32.5 Å². The van der Waals surface area contributed by atoms with Gasteiger partial charge in [-0.05, 0) is 49.4 Å². The Hall–Kier alpha value is -3.07. The molecule has 2 aromatic carbocycles. The van der Waals surface area contributed by atoms with Crippen LogP contribution in [-0.2, 0) is 15.7 Å². The minimum absolute atomic E-state index is 0.107. The van der Waals surface area contributed by atoms with Gasteiger partial charge in [-0.25, -0.2) is 9.78 Å². The number of methoxy groups -OCH3 is 1. The highest BCUT2D eigenvalue weighted by Crippen LogP contribution is 2.32. The zero-order chi connectivity index (χ0) is 20.5. The van der Waals surface area contributed by atoms with E-state index in [1.807, 2.05) is 0 Å². The first-order valence-electron chi connectivity index (χ1n) is 8.26. The van der Waals surface area contributed by atoms with Crippen molar-refractivity contribution in [2.24, 2.45) is 0 Å². The fourth-order valence-corrected chi connectivity index (χ4v) is 2.85. The number of aromatic nitrogens is 2. The number of carboxylic acid groups (broad SMARTS) is 1. The van der Waals surface area contributed by atoms with Gasteiger partial charge in [0.1, 0.15) is 11.6 Å². The van der Waals surface area contributed by atoms with Gasteiger partial charge in [-0.2, -0.15) is 13.2 Å². The number of carbonyl (C=O) groups is 1. The van der Waals surface area contributed by atoms with Crippen molar-refractivity contribution in [1.29, 1.82) is 0 Å². The fraction of sp³-hybridized carbons (Fsp3) is 0.263. The third-order valence-electron chi connectivity index (χ3n) is 4.12. The van der Waals surface area contributed by atoms with E-state index in [4.69, 9.17) is 14.6 Å². The smallest absolute Gasteiger partial charge is 0.416 e. The molecule has 0 bridgehead atoms. The number of halogens is 3. The SMILES string of the molecule is COCC(Oc1ccc(-n2c(C)nc3cc(C(F)(F)F)ccc32)cc1)C(=O)O. The van der Waals surface area contributed by atoms with Crippen LogP contribution in [0.2, 0.25) is 0 Å². The van der Waals surface area contributed by atoms with E-state index < -0.39 is 23.8 Å². The first kappa shape index (κ1) is 19.7. The lowest BCUT2D eigenvalue weighted by Crippen LogP contribution is -2.31. The van der Waals surface area contributed by atoms with E-state index in [-0.39, 0.29) is 12.1 Å². The number of benzene rings is 2. The lowest BCUT2D eigenvalue weighted by Gasteiger charge is -2.15. The molecule has 0 aliphatic rings. The van der Waals surface area contributed by atoms with Crippen LogP contribution < -0.4 is 4.74 Å². The Balaban J connectivity index is 1.92. The van der Waals surface area contributed by atoms with Gasteiger partial charge in [-0.3, -0.25) is 4.57 Å². The maximum absolute atomic E-state index is 12.9. The van der Waals surface area contributed by atoms with Crippen molar-refractivity contribution in [3.63, 3.8) is 0 Å². The molecular formula is C19H17F3N2O4. The molecule has 148 valence electrons. The number of carboxylic acids is 1. The molecule has 9 heteroatoms. The van der Waals surface area contributed by atoms with E-state index in [1.165, 1.54) is 13.2 Å². The molecule has 0 spiro atoms. The highest BCUT2D eigenvalue weighted by atomic mass is 19.4. The summed E-state index contributed by atoms with van der Waals surface area (Å²) in [4.78, 5) is 15.4. The van der Waals surface area contributed by atoms with Gasteiger partial charge >= 0.3 is 12.1 Å². The minimum Gasteiger partial charge on any atom is -0.478 e. The summed E-state index contributed by atoms with van der Waals surface area (Å²) in [6.45, 7) is 1.58. The molecular weight excluding hydrogens is 377 g/mol. The predicted octanol–water partition coefficient (Wildman–Crippen LogP) is 3.83. The summed E-state index contributed by atoms with van der Waals surface area (Å²) in [6, 6.07) is 9.91.